The van der Waals surface area contributed by atoms with Crippen molar-refractivity contribution in [3.63, 3.8) is 0 Å². The topological polar surface area (TPSA) is 34.1 Å². The SMILES string of the molecule is Cc1ccc(C)c(C(=O)c2ccc(C(=O)c3cccc(C)c3C)cc2)c1. The lowest BCUT2D eigenvalue weighted by Crippen LogP contribution is -2.07. The maximum atomic E-state index is 12.8. The van der Waals surface area contributed by atoms with Crippen LogP contribution in [0.15, 0.2) is 60.7 Å². The van der Waals surface area contributed by atoms with Crippen molar-refractivity contribution in [2.24, 2.45) is 0 Å². The fourth-order valence-corrected chi connectivity index (χ4v) is 3.06. The largest absolute Gasteiger partial charge is 0.289 e. The Kier molecular flexibility index (Phi) is 4.85. The van der Waals surface area contributed by atoms with Gasteiger partial charge < -0.3 is 0 Å². The molecular weight excluding hydrogens is 320 g/mol. The first-order chi connectivity index (χ1) is 12.4. The van der Waals surface area contributed by atoms with Crippen molar-refractivity contribution in [2.75, 3.05) is 0 Å². The lowest BCUT2D eigenvalue weighted by atomic mass is 9.93. The van der Waals surface area contributed by atoms with Crippen molar-refractivity contribution in [3.05, 3.63) is 105 Å². The minimum Gasteiger partial charge on any atom is -0.289 e. The Morgan fingerprint density at radius 1 is 0.615 bits per heavy atom. The van der Waals surface area contributed by atoms with Crippen LogP contribution in [0.2, 0.25) is 0 Å². The molecule has 130 valence electrons. The summed E-state index contributed by atoms with van der Waals surface area (Å²) in [6, 6.07) is 18.6. The summed E-state index contributed by atoms with van der Waals surface area (Å²) in [5.41, 5.74) is 6.70. The molecule has 2 heteroatoms. The molecule has 0 fully saturated rings. The average Bonchev–Trinajstić information content (AvgIpc) is 2.65. The van der Waals surface area contributed by atoms with E-state index in [4.69, 9.17) is 0 Å². The second-order valence-corrected chi connectivity index (χ2v) is 6.80. The number of hydrogen-bond donors (Lipinski definition) is 0. The molecule has 0 spiro atoms. The van der Waals surface area contributed by atoms with Gasteiger partial charge in [-0.3, -0.25) is 9.59 Å². The molecule has 3 rings (SSSR count). The zero-order chi connectivity index (χ0) is 18.8. The molecule has 0 unspecified atom stereocenters. The van der Waals surface area contributed by atoms with Gasteiger partial charge in [0.05, 0.1) is 0 Å². The monoisotopic (exact) mass is 342 g/mol. The van der Waals surface area contributed by atoms with E-state index in [0.717, 1.165) is 22.3 Å². The average molecular weight is 342 g/mol. The standard InChI is InChI=1S/C24H22O2/c1-15-8-9-17(3)22(14-15)24(26)20-12-10-19(11-13-20)23(25)21-7-5-6-16(2)18(21)4/h5-14H,1-4H3. The van der Waals surface area contributed by atoms with Gasteiger partial charge in [-0.15, -0.1) is 0 Å². The number of carbonyl (C=O) groups is 2. The van der Waals surface area contributed by atoms with Gasteiger partial charge in [0.2, 0.25) is 0 Å². The van der Waals surface area contributed by atoms with Crippen molar-refractivity contribution in [1.29, 1.82) is 0 Å². The van der Waals surface area contributed by atoms with E-state index in [0.29, 0.717) is 22.3 Å². The van der Waals surface area contributed by atoms with Crippen LogP contribution >= 0.6 is 0 Å². The highest BCUT2D eigenvalue weighted by atomic mass is 16.1. The van der Waals surface area contributed by atoms with Gasteiger partial charge in [0.15, 0.2) is 11.6 Å². The normalized spacial score (nSPS) is 10.6. The van der Waals surface area contributed by atoms with E-state index in [9.17, 15) is 9.59 Å². The van der Waals surface area contributed by atoms with Gasteiger partial charge in [0.1, 0.15) is 0 Å². The summed E-state index contributed by atoms with van der Waals surface area (Å²) < 4.78 is 0. The number of hydrogen-bond acceptors (Lipinski definition) is 2. The van der Waals surface area contributed by atoms with E-state index < -0.39 is 0 Å². The molecule has 0 bridgehead atoms. The van der Waals surface area contributed by atoms with Crippen LogP contribution in [-0.2, 0) is 0 Å². The molecule has 26 heavy (non-hydrogen) atoms. The molecule has 0 saturated carbocycles. The minimum absolute atomic E-state index is 0.0167. The molecule has 3 aromatic carbocycles. The third-order valence-corrected chi connectivity index (χ3v) is 4.90. The molecule has 0 aliphatic rings. The first-order valence-electron chi connectivity index (χ1n) is 8.71. The zero-order valence-electron chi connectivity index (χ0n) is 15.6. The molecule has 3 aromatic rings. The highest BCUT2D eigenvalue weighted by Gasteiger charge is 2.15. The predicted molar refractivity (Wildman–Crippen MR) is 105 cm³/mol. The third kappa shape index (κ3) is 3.36. The van der Waals surface area contributed by atoms with Gasteiger partial charge in [0.25, 0.3) is 0 Å². The first-order valence-corrected chi connectivity index (χ1v) is 8.71. The fourth-order valence-electron chi connectivity index (χ4n) is 3.06. The van der Waals surface area contributed by atoms with Crippen LogP contribution in [0.3, 0.4) is 0 Å². The molecule has 0 aromatic heterocycles. The number of benzene rings is 3. The van der Waals surface area contributed by atoms with Crippen molar-refractivity contribution in [3.8, 4) is 0 Å². The van der Waals surface area contributed by atoms with Crippen LogP contribution in [0.4, 0.5) is 0 Å². The van der Waals surface area contributed by atoms with Gasteiger partial charge in [-0.2, -0.15) is 0 Å². The lowest BCUT2D eigenvalue weighted by molar-refractivity contribution is 0.102. The smallest absolute Gasteiger partial charge is 0.193 e. The predicted octanol–water partition coefficient (Wildman–Crippen LogP) is 5.38. The molecule has 0 N–H and O–H groups in total. The summed E-state index contributed by atoms with van der Waals surface area (Å²) in [5, 5.41) is 0. The minimum atomic E-state index is -0.0167. The number of rotatable bonds is 4. The van der Waals surface area contributed by atoms with Gasteiger partial charge >= 0.3 is 0 Å². The lowest BCUT2D eigenvalue weighted by Gasteiger charge is -2.09. The summed E-state index contributed by atoms with van der Waals surface area (Å²) in [4.78, 5) is 25.6. The van der Waals surface area contributed by atoms with Crippen LogP contribution in [0.25, 0.3) is 0 Å². The highest BCUT2D eigenvalue weighted by molar-refractivity contribution is 6.12. The van der Waals surface area contributed by atoms with Gasteiger partial charge in [-0.25, -0.2) is 0 Å². The maximum absolute atomic E-state index is 12.8. The van der Waals surface area contributed by atoms with Gasteiger partial charge in [-0.05, 0) is 50.5 Å². The van der Waals surface area contributed by atoms with Crippen LogP contribution in [-0.4, -0.2) is 11.6 Å². The molecule has 0 aliphatic carbocycles. The molecule has 0 heterocycles. The van der Waals surface area contributed by atoms with E-state index in [1.807, 2.05) is 64.1 Å². The van der Waals surface area contributed by atoms with Crippen molar-refractivity contribution in [1.82, 2.24) is 0 Å². The van der Waals surface area contributed by atoms with Crippen molar-refractivity contribution >= 4 is 11.6 Å². The molecule has 0 saturated heterocycles. The number of aryl methyl sites for hydroxylation is 3. The Hall–Kier alpha value is -3.00. The summed E-state index contributed by atoms with van der Waals surface area (Å²) in [6.07, 6.45) is 0. The maximum Gasteiger partial charge on any atom is 0.193 e. The third-order valence-electron chi connectivity index (χ3n) is 4.90. The summed E-state index contributed by atoms with van der Waals surface area (Å²) >= 11 is 0. The Morgan fingerprint density at radius 3 is 1.81 bits per heavy atom. The van der Waals surface area contributed by atoms with Crippen LogP contribution in [0.1, 0.15) is 54.1 Å². The molecule has 0 radical (unpaired) electrons. The molecule has 2 nitrogen and oxygen atoms in total. The Morgan fingerprint density at radius 2 is 1.19 bits per heavy atom. The Bertz CT molecular complexity index is 962. The van der Waals surface area contributed by atoms with Crippen LogP contribution in [0.5, 0.6) is 0 Å². The molecule has 0 amide bonds. The molecule has 0 atom stereocenters. The zero-order valence-corrected chi connectivity index (χ0v) is 15.6. The second-order valence-electron chi connectivity index (χ2n) is 6.80. The van der Waals surface area contributed by atoms with Gasteiger partial charge in [-0.1, -0.05) is 60.2 Å². The fraction of sp³-hybridized carbons (Fsp3) is 0.167. The summed E-state index contributed by atoms with van der Waals surface area (Å²) in [7, 11) is 0. The number of ketones is 2. The van der Waals surface area contributed by atoms with Crippen molar-refractivity contribution < 1.29 is 9.59 Å². The van der Waals surface area contributed by atoms with E-state index in [1.54, 1.807) is 24.3 Å². The van der Waals surface area contributed by atoms with E-state index in [1.165, 1.54) is 0 Å². The second kappa shape index (κ2) is 7.09. The first kappa shape index (κ1) is 17.8. The van der Waals surface area contributed by atoms with Gasteiger partial charge in [0, 0.05) is 22.3 Å². The Balaban J connectivity index is 1.91. The van der Waals surface area contributed by atoms with Crippen LogP contribution in [0, 0.1) is 27.7 Å². The number of carbonyl (C=O) groups excluding carboxylic acids is 2. The summed E-state index contributed by atoms with van der Waals surface area (Å²) in [6.45, 7) is 7.87. The highest BCUT2D eigenvalue weighted by Crippen LogP contribution is 2.20. The summed E-state index contributed by atoms with van der Waals surface area (Å²) in [5.74, 6) is -0.0335. The van der Waals surface area contributed by atoms with Crippen LogP contribution < -0.4 is 0 Å². The molecule has 0 aliphatic heterocycles. The molecular formula is C24H22O2. The van der Waals surface area contributed by atoms with E-state index >= 15 is 0 Å². The van der Waals surface area contributed by atoms with E-state index in [-0.39, 0.29) is 11.6 Å². The van der Waals surface area contributed by atoms with Crippen molar-refractivity contribution in [2.45, 2.75) is 27.7 Å². The van der Waals surface area contributed by atoms with E-state index in [2.05, 4.69) is 0 Å². The Labute approximate surface area is 154 Å². The quantitative estimate of drug-likeness (QED) is 0.596.